The van der Waals surface area contributed by atoms with E-state index in [1.54, 1.807) is 6.07 Å². The maximum atomic E-state index is 13.5. The fraction of sp³-hybridized carbons (Fsp3) is 0.625. The lowest BCUT2D eigenvalue weighted by Crippen LogP contribution is -2.25. The molecule has 0 heterocycles. The first-order valence-electron chi connectivity index (χ1n) is 7.12. The number of hydrogen-bond acceptors (Lipinski definition) is 1. The van der Waals surface area contributed by atoms with E-state index in [4.69, 9.17) is 0 Å². The molecule has 0 fully saturated rings. The van der Waals surface area contributed by atoms with Crippen LogP contribution in [-0.2, 0) is 6.54 Å². The minimum Gasteiger partial charge on any atom is -0.310 e. The number of unbranched alkanes of at least 4 members (excludes halogenated alkanes) is 3. The summed E-state index contributed by atoms with van der Waals surface area (Å²) in [4.78, 5) is 0. The Kier molecular flexibility index (Phi) is 6.96. The zero-order chi connectivity index (χ0) is 13.4. The highest BCUT2D eigenvalue weighted by Crippen LogP contribution is 2.11. The fourth-order valence-electron chi connectivity index (χ4n) is 2.10. The first-order chi connectivity index (χ1) is 8.63. The third-order valence-corrected chi connectivity index (χ3v) is 3.33. The van der Waals surface area contributed by atoms with Crippen LogP contribution in [0.4, 0.5) is 4.39 Å². The quantitative estimate of drug-likeness (QED) is 0.667. The molecular weight excluding hydrogens is 225 g/mol. The molecule has 0 amide bonds. The summed E-state index contributed by atoms with van der Waals surface area (Å²) in [5.74, 6) is -0.105. The third kappa shape index (κ3) is 5.63. The van der Waals surface area contributed by atoms with Gasteiger partial charge in [-0.1, -0.05) is 50.3 Å². The highest BCUT2D eigenvalue weighted by atomic mass is 19.1. The molecule has 0 aromatic heterocycles. The second kappa shape index (κ2) is 8.25. The molecule has 1 unspecified atom stereocenters. The number of hydrogen-bond donors (Lipinski definition) is 1. The van der Waals surface area contributed by atoms with Crippen molar-refractivity contribution in [1.82, 2.24) is 5.32 Å². The lowest BCUT2D eigenvalue weighted by Gasteiger charge is -2.14. The van der Waals surface area contributed by atoms with Crippen molar-refractivity contribution in [2.24, 2.45) is 0 Å². The predicted octanol–water partition coefficient (Wildman–Crippen LogP) is 4.58. The van der Waals surface area contributed by atoms with Gasteiger partial charge in [-0.15, -0.1) is 0 Å². The SMILES string of the molecule is CCCCCCC(C)NCc1cc(C)ccc1F. The van der Waals surface area contributed by atoms with E-state index >= 15 is 0 Å². The van der Waals surface area contributed by atoms with Crippen molar-refractivity contribution in [1.29, 1.82) is 0 Å². The Bertz CT molecular complexity index is 349. The molecule has 0 aliphatic rings. The van der Waals surface area contributed by atoms with Gasteiger partial charge in [-0.25, -0.2) is 4.39 Å². The van der Waals surface area contributed by atoms with Crippen LogP contribution in [0.15, 0.2) is 18.2 Å². The van der Waals surface area contributed by atoms with Gasteiger partial charge >= 0.3 is 0 Å². The molecule has 0 saturated heterocycles. The Balaban J connectivity index is 2.29. The monoisotopic (exact) mass is 251 g/mol. The Morgan fingerprint density at radius 2 is 2.00 bits per heavy atom. The van der Waals surface area contributed by atoms with E-state index in [0.717, 1.165) is 11.1 Å². The van der Waals surface area contributed by atoms with Crippen molar-refractivity contribution >= 4 is 0 Å². The maximum Gasteiger partial charge on any atom is 0.127 e. The van der Waals surface area contributed by atoms with E-state index < -0.39 is 0 Å². The van der Waals surface area contributed by atoms with Crippen LogP contribution in [0.2, 0.25) is 0 Å². The minimum absolute atomic E-state index is 0.105. The molecule has 0 bridgehead atoms. The van der Waals surface area contributed by atoms with E-state index in [1.165, 1.54) is 32.1 Å². The normalized spacial score (nSPS) is 12.7. The van der Waals surface area contributed by atoms with Gasteiger partial charge in [0.05, 0.1) is 0 Å². The van der Waals surface area contributed by atoms with Crippen LogP contribution in [0.5, 0.6) is 0 Å². The minimum atomic E-state index is -0.105. The largest absolute Gasteiger partial charge is 0.310 e. The smallest absolute Gasteiger partial charge is 0.127 e. The summed E-state index contributed by atoms with van der Waals surface area (Å²) in [5, 5.41) is 3.40. The highest BCUT2D eigenvalue weighted by Gasteiger charge is 2.05. The van der Waals surface area contributed by atoms with E-state index in [0.29, 0.717) is 12.6 Å². The van der Waals surface area contributed by atoms with E-state index in [9.17, 15) is 4.39 Å². The van der Waals surface area contributed by atoms with Crippen LogP contribution < -0.4 is 5.32 Å². The van der Waals surface area contributed by atoms with Crippen molar-refractivity contribution in [3.63, 3.8) is 0 Å². The molecule has 0 saturated carbocycles. The highest BCUT2D eigenvalue weighted by molar-refractivity contribution is 5.23. The summed E-state index contributed by atoms with van der Waals surface area (Å²) in [6, 6.07) is 5.75. The van der Waals surface area contributed by atoms with E-state index in [-0.39, 0.29) is 5.82 Å². The summed E-state index contributed by atoms with van der Waals surface area (Å²) >= 11 is 0. The fourth-order valence-corrected chi connectivity index (χ4v) is 2.10. The van der Waals surface area contributed by atoms with Gasteiger partial charge in [-0.05, 0) is 26.3 Å². The van der Waals surface area contributed by atoms with Gasteiger partial charge < -0.3 is 5.32 Å². The van der Waals surface area contributed by atoms with Gasteiger partial charge in [0.2, 0.25) is 0 Å². The molecule has 1 nitrogen and oxygen atoms in total. The number of halogens is 1. The molecule has 0 aliphatic heterocycles. The van der Waals surface area contributed by atoms with E-state index in [1.807, 2.05) is 19.1 Å². The lowest BCUT2D eigenvalue weighted by molar-refractivity contribution is 0.475. The van der Waals surface area contributed by atoms with Crippen LogP contribution in [0.1, 0.15) is 57.1 Å². The van der Waals surface area contributed by atoms with Crippen molar-refractivity contribution in [3.8, 4) is 0 Å². The summed E-state index contributed by atoms with van der Waals surface area (Å²) in [7, 11) is 0. The van der Waals surface area contributed by atoms with Gasteiger partial charge in [-0.2, -0.15) is 0 Å². The Labute approximate surface area is 111 Å². The molecule has 1 N–H and O–H groups in total. The summed E-state index contributed by atoms with van der Waals surface area (Å²) < 4.78 is 13.5. The summed E-state index contributed by atoms with van der Waals surface area (Å²) in [6.07, 6.45) is 6.34. The van der Waals surface area contributed by atoms with Crippen LogP contribution in [-0.4, -0.2) is 6.04 Å². The summed E-state index contributed by atoms with van der Waals surface area (Å²) in [6.45, 7) is 7.03. The molecule has 102 valence electrons. The number of aryl methyl sites for hydroxylation is 1. The zero-order valence-electron chi connectivity index (χ0n) is 11.9. The van der Waals surface area contributed by atoms with Crippen LogP contribution >= 0.6 is 0 Å². The van der Waals surface area contributed by atoms with Crippen molar-refractivity contribution in [2.75, 3.05) is 0 Å². The Morgan fingerprint density at radius 3 is 2.72 bits per heavy atom. The van der Waals surface area contributed by atoms with Gasteiger partial charge in [0, 0.05) is 18.2 Å². The topological polar surface area (TPSA) is 12.0 Å². The number of benzene rings is 1. The molecule has 1 atom stereocenters. The molecule has 1 rings (SSSR count). The second-order valence-electron chi connectivity index (χ2n) is 5.23. The predicted molar refractivity (Wildman–Crippen MR) is 76.2 cm³/mol. The third-order valence-electron chi connectivity index (χ3n) is 3.33. The molecule has 1 aromatic carbocycles. The van der Waals surface area contributed by atoms with Crippen molar-refractivity contribution < 1.29 is 4.39 Å². The zero-order valence-corrected chi connectivity index (χ0v) is 11.9. The molecule has 2 heteroatoms. The lowest BCUT2D eigenvalue weighted by atomic mass is 10.1. The Morgan fingerprint density at radius 1 is 1.22 bits per heavy atom. The molecule has 0 radical (unpaired) electrons. The van der Waals surface area contributed by atoms with Crippen LogP contribution in [0.25, 0.3) is 0 Å². The average Bonchev–Trinajstić information content (AvgIpc) is 2.36. The van der Waals surface area contributed by atoms with Gasteiger partial charge in [-0.3, -0.25) is 0 Å². The second-order valence-corrected chi connectivity index (χ2v) is 5.23. The number of nitrogens with one attached hydrogen (secondary N) is 1. The van der Waals surface area contributed by atoms with E-state index in [2.05, 4.69) is 19.2 Å². The van der Waals surface area contributed by atoms with Gasteiger partial charge in [0.1, 0.15) is 5.82 Å². The molecule has 0 spiro atoms. The first kappa shape index (κ1) is 15.2. The molecule has 1 aromatic rings. The maximum absolute atomic E-state index is 13.5. The van der Waals surface area contributed by atoms with Gasteiger partial charge in [0.25, 0.3) is 0 Å². The van der Waals surface area contributed by atoms with Crippen molar-refractivity contribution in [2.45, 2.75) is 65.5 Å². The molecule has 18 heavy (non-hydrogen) atoms. The summed E-state index contributed by atoms with van der Waals surface area (Å²) in [5.41, 5.74) is 1.89. The number of rotatable bonds is 8. The van der Waals surface area contributed by atoms with Crippen LogP contribution in [0, 0.1) is 12.7 Å². The first-order valence-corrected chi connectivity index (χ1v) is 7.12. The average molecular weight is 251 g/mol. The molecular formula is C16H26FN. The molecule has 0 aliphatic carbocycles. The Hall–Kier alpha value is -0.890. The standard InChI is InChI=1S/C16H26FN/c1-4-5-6-7-8-14(3)18-12-15-11-13(2)9-10-16(15)17/h9-11,14,18H,4-8,12H2,1-3H3. The van der Waals surface area contributed by atoms with Gasteiger partial charge in [0.15, 0.2) is 0 Å². The van der Waals surface area contributed by atoms with Crippen LogP contribution in [0.3, 0.4) is 0 Å². The van der Waals surface area contributed by atoms with Crippen molar-refractivity contribution in [3.05, 3.63) is 35.1 Å².